The van der Waals surface area contributed by atoms with Crippen molar-refractivity contribution in [3.8, 4) is 11.5 Å². The van der Waals surface area contributed by atoms with Crippen LogP contribution in [-0.4, -0.2) is 36.6 Å². The third kappa shape index (κ3) is 6.20. The van der Waals surface area contributed by atoms with Crippen LogP contribution in [0.5, 0.6) is 11.5 Å². The molecule has 40 heavy (non-hydrogen) atoms. The van der Waals surface area contributed by atoms with E-state index in [-0.39, 0.29) is 0 Å². The van der Waals surface area contributed by atoms with Gasteiger partial charge >= 0.3 is 0 Å². The number of fused-ring (bicyclic) bond motifs is 2. The van der Waals surface area contributed by atoms with Crippen LogP contribution in [0.25, 0.3) is 21.5 Å². The SMILES string of the molecule is C[SiH](C)c1ccc2c([SiH3])c(OCc3ccc(COc4ccc5cc([SiH](C)C)ccc5c4[SiH](C)C)cc3)ccc2c1. The Bertz CT molecular complexity index is 1640. The molecule has 0 aliphatic heterocycles. The third-order valence-corrected chi connectivity index (χ3v) is 14.2. The molecule has 5 aromatic carbocycles. The van der Waals surface area contributed by atoms with Crippen molar-refractivity contribution in [2.45, 2.75) is 52.5 Å². The van der Waals surface area contributed by atoms with Gasteiger partial charge in [-0.05, 0) is 55.2 Å². The Morgan fingerprint density at radius 1 is 0.525 bits per heavy atom. The Hall–Kier alpha value is -2.91. The molecule has 0 saturated heterocycles. The molecule has 206 valence electrons. The Kier molecular flexibility index (Phi) is 8.80. The second kappa shape index (κ2) is 12.3. The highest BCUT2D eigenvalue weighted by Gasteiger charge is 2.15. The lowest BCUT2D eigenvalue weighted by atomic mass is 10.1. The molecule has 0 heterocycles. The summed E-state index contributed by atoms with van der Waals surface area (Å²) in [6, 6.07) is 31.6. The van der Waals surface area contributed by atoms with Gasteiger partial charge in [0, 0.05) is 10.2 Å². The average molecular weight is 595 g/mol. The summed E-state index contributed by atoms with van der Waals surface area (Å²) in [4.78, 5) is 0. The van der Waals surface area contributed by atoms with Crippen molar-refractivity contribution in [2.75, 3.05) is 0 Å². The van der Waals surface area contributed by atoms with Gasteiger partial charge in [0.2, 0.25) is 0 Å². The third-order valence-electron chi connectivity index (χ3n) is 8.03. The highest BCUT2D eigenvalue weighted by atomic mass is 28.3. The maximum absolute atomic E-state index is 6.44. The molecular weight excluding hydrogens is 553 g/mol. The van der Waals surface area contributed by atoms with Crippen LogP contribution in [0.2, 0.25) is 39.3 Å². The number of hydrogen-bond donors (Lipinski definition) is 0. The van der Waals surface area contributed by atoms with Crippen LogP contribution in [0, 0.1) is 0 Å². The van der Waals surface area contributed by atoms with Gasteiger partial charge in [0.25, 0.3) is 0 Å². The molecule has 0 fully saturated rings. The van der Waals surface area contributed by atoms with E-state index in [0.717, 1.165) is 21.7 Å². The second-order valence-electron chi connectivity index (χ2n) is 12.0. The first kappa shape index (κ1) is 28.6. The standard InChI is InChI=1S/C34H42O2Si4/c1-38(2)27-13-15-29-25(19-27)11-17-31(33(29)37)35-21-23-7-9-24(10-8-23)22-36-32-18-12-26-20-28(39(3)4)14-16-30(26)34(32)40(5)6/h7-20,38-40H,21-22H2,1-6,37H3. The quantitative estimate of drug-likeness (QED) is 0.238. The van der Waals surface area contributed by atoms with Gasteiger partial charge in [0.05, 0.1) is 26.4 Å². The van der Waals surface area contributed by atoms with E-state index in [4.69, 9.17) is 9.47 Å². The van der Waals surface area contributed by atoms with Crippen LogP contribution in [0.15, 0.2) is 84.9 Å². The molecule has 0 spiro atoms. The molecule has 0 aliphatic carbocycles. The van der Waals surface area contributed by atoms with E-state index in [1.165, 1.54) is 53.4 Å². The van der Waals surface area contributed by atoms with Crippen LogP contribution < -0.4 is 30.2 Å². The maximum atomic E-state index is 6.44. The molecule has 0 aromatic heterocycles. The van der Waals surface area contributed by atoms with Crippen molar-refractivity contribution < 1.29 is 9.47 Å². The fraction of sp³-hybridized carbons (Fsp3) is 0.235. The fourth-order valence-corrected chi connectivity index (χ4v) is 9.87. The number of rotatable bonds is 9. The molecule has 0 N–H and O–H groups in total. The molecule has 6 heteroatoms. The molecular formula is C34H42O2Si4. The first-order valence-electron chi connectivity index (χ1n) is 14.6. The minimum absolute atomic E-state index is 0.577. The van der Waals surface area contributed by atoms with Gasteiger partial charge in [-0.15, -0.1) is 0 Å². The summed E-state index contributed by atoms with van der Waals surface area (Å²) in [6.07, 6.45) is 0. The van der Waals surface area contributed by atoms with Gasteiger partial charge in [0.1, 0.15) is 24.7 Å². The Labute approximate surface area is 247 Å². The average Bonchev–Trinajstić information content (AvgIpc) is 2.95. The largest absolute Gasteiger partial charge is 0.489 e. The van der Waals surface area contributed by atoms with Crippen molar-refractivity contribution in [3.63, 3.8) is 0 Å². The number of hydrogen-bond acceptors (Lipinski definition) is 2. The van der Waals surface area contributed by atoms with Crippen molar-refractivity contribution in [3.05, 3.63) is 96.1 Å². The zero-order valence-electron chi connectivity index (χ0n) is 25.0. The summed E-state index contributed by atoms with van der Waals surface area (Å²) in [7, 11) is -1.73. The van der Waals surface area contributed by atoms with E-state index in [1.807, 2.05) is 0 Å². The van der Waals surface area contributed by atoms with Crippen LogP contribution in [0.3, 0.4) is 0 Å². The van der Waals surface area contributed by atoms with Gasteiger partial charge < -0.3 is 9.47 Å². The lowest BCUT2D eigenvalue weighted by Crippen LogP contribution is -2.27. The topological polar surface area (TPSA) is 18.5 Å². The first-order valence-corrected chi connectivity index (χ1v) is 24.3. The summed E-state index contributed by atoms with van der Waals surface area (Å²) in [6.45, 7) is 15.5. The smallest absolute Gasteiger partial charge is 0.119 e. The van der Waals surface area contributed by atoms with E-state index in [0.29, 0.717) is 13.2 Å². The molecule has 0 unspecified atom stereocenters. The van der Waals surface area contributed by atoms with E-state index >= 15 is 0 Å². The monoisotopic (exact) mass is 594 g/mol. The molecule has 0 bridgehead atoms. The molecule has 0 saturated carbocycles. The minimum Gasteiger partial charge on any atom is -0.489 e. The van der Waals surface area contributed by atoms with E-state index in [2.05, 4.69) is 124 Å². The predicted molar refractivity (Wildman–Crippen MR) is 188 cm³/mol. The molecule has 5 aromatic rings. The maximum Gasteiger partial charge on any atom is 0.119 e. The summed E-state index contributed by atoms with van der Waals surface area (Å²) in [5, 5.41) is 11.3. The van der Waals surface area contributed by atoms with Gasteiger partial charge in [0.15, 0.2) is 0 Å². The molecule has 0 radical (unpaired) electrons. The summed E-state index contributed by atoms with van der Waals surface area (Å²) >= 11 is 0. The van der Waals surface area contributed by atoms with Gasteiger partial charge in [-0.2, -0.15) is 0 Å². The van der Waals surface area contributed by atoms with E-state index < -0.39 is 26.4 Å². The molecule has 5 rings (SSSR count). The van der Waals surface area contributed by atoms with Crippen molar-refractivity contribution in [1.82, 2.24) is 0 Å². The molecule has 0 amide bonds. The number of ether oxygens (including phenoxy) is 2. The van der Waals surface area contributed by atoms with E-state index in [1.54, 1.807) is 0 Å². The predicted octanol–water partition coefficient (Wildman–Crippen LogP) is 4.22. The van der Waals surface area contributed by atoms with Crippen LogP contribution in [0.1, 0.15) is 11.1 Å². The van der Waals surface area contributed by atoms with Crippen molar-refractivity contribution in [2.24, 2.45) is 0 Å². The zero-order valence-corrected chi connectivity index (χ0v) is 30.5. The fourth-order valence-electron chi connectivity index (χ4n) is 5.49. The van der Waals surface area contributed by atoms with Gasteiger partial charge in [-0.1, -0.05) is 122 Å². The van der Waals surface area contributed by atoms with E-state index in [9.17, 15) is 0 Å². The Morgan fingerprint density at radius 2 is 1.00 bits per heavy atom. The van der Waals surface area contributed by atoms with Crippen LogP contribution in [0.4, 0.5) is 0 Å². The highest BCUT2D eigenvalue weighted by Crippen LogP contribution is 2.22. The second-order valence-corrected chi connectivity index (χ2v) is 21.8. The van der Waals surface area contributed by atoms with Gasteiger partial charge in [-0.25, -0.2) is 0 Å². The normalized spacial score (nSPS) is 11.8. The minimum atomic E-state index is -1.09. The Balaban J connectivity index is 1.25. The zero-order chi connectivity index (χ0) is 28.4. The van der Waals surface area contributed by atoms with Crippen LogP contribution in [-0.2, 0) is 13.2 Å². The summed E-state index contributed by atoms with van der Waals surface area (Å²) in [5.74, 6) is 2.07. The Morgan fingerprint density at radius 3 is 1.52 bits per heavy atom. The van der Waals surface area contributed by atoms with Crippen molar-refractivity contribution >= 4 is 78.9 Å². The molecule has 0 aliphatic rings. The lowest BCUT2D eigenvalue weighted by Gasteiger charge is -2.18. The molecule has 2 nitrogen and oxygen atoms in total. The van der Waals surface area contributed by atoms with Crippen LogP contribution >= 0.6 is 0 Å². The summed E-state index contributed by atoms with van der Waals surface area (Å²) in [5.41, 5.74) is 2.36. The first-order chi connectivity index (χ1) is 19.2. The molecule has 0 atom stereocenters. The number of benzene rings is 5. The van der Waals surface area contributed by atoms with Gasteiger partial charge in [-0.3, -0.25) is 0 Å². The highest BCUT2D eigenvalue weighted by molar-refractivity contribution is 6.74. The lowest BCUT2D eigenvalue weighted by molar-refractivity contribution is 0.305. The summed E-state index contributed by atoms with van der Waals surface area (Å²) < 4.78 is 12.7. The van der Waals surface area contributed by atoms with Crippen molar-refractivity contribution in [1.29, 1.82) is 0 Å².